The predicted octanol–water partition coefficient (Wildman–Crippen LogP) is 4.49. The molecule has 0 aliphatic carbocycles. The summed E-state index contributed by atoms with van der Waals surface area (Å²) in [7, 11) is 1.89. The number of hydrogen-bond donors (Lipinski definition) is 1. The van der Waals surface area contributed by atoms with E-state index in [0.717, 1.165) is 16.8 Å². The highest BCUT2D eigenvalue weighted by Gasteiger charge is 2.21. The van der Waals surface area contributed by atoms with Crippen LogP contribution in [0.4, 0.5) is 10.1 Å². The van der Waals surface area contributed by atoms with Crippen LogP contribution in [0.3, 0.4) is 0 Å². The van der Waals surface area contributed by atoms with Crippen molar-refractivity contribution in [2.24, 2.45) is 0 Å². The van der Waals surface area contributed by atoms with Crippen LogP contribution in [0.15, 0.2) is 84.9 Å². The number of nitrogens with zero attached hydrogens (tertiary/aromatic N) is 1. The zero-order valence-electron chi connectivity index (χ0n) is 14.6. The third-order valence-corrected chi connectivity index (χ3v) is 4.19. The molecule has 1 atom stereocenters. The normalized spacial score (nSPS) is 12.0. The average Bonchev–Trinajstić information content (AvgIpc) is 2.65. The van der Waals surface area contributed by atoms with E-state index in [4.69, 9.17) is 0 Å². The second-order valence-corrected chi connectivity index (χ2v) is 6.19. The van der Waals surface area contributed by atoms with Gasteiger partial charge in [0.15, 0.2) is 0 Å². The molecule has 0 aliphatic heterocycles. The van der Waals surface area contributed by atoms with E-state index in [1.807, 2.05) is 72.6 Å². The number of carbonyl (C=O) groups is 1. The fourth-order valence-corrected chi connectivity index (χ4v) is 3.02. The molecule has 0 radical (unpaired) electrons. The smallest absolute Gasteiger partial charge is 0.238 e. The highest BCUT2D eigenvalue weighted by molar-refractivity contribution is 5.92. The lowest BCUT2D eigenvalue weighted by atomic mass is 9.97. The molecule has 0 spiro atoms. The summed E-state index contributed by atoms with van der Waals surface area (Å²) in [5.41, 5.74) is 2.76. The van der Waals surface area contributed by atoms with Gasteiger partial charge in [-0.15, -0.1) is 0 Å². The Kier molecular flexibility index (Phi) is 5.77. The minimum atomic E-state index is -0.273. The molecule has 3 aromatic rings. The molecule has 1 amide bonds. The number of para-hydroxylation sites is 1. The zero-order chi connectivity index (χ0) is 18.4. The van der Waals surface area contributed by atoms with Gasteiger partial charge in [-0.1, -0.05) is 60.7 Å². The number of halogens is 1. The fraction of sp³-hybridized carbons (Fsp3) is 0.136. The van der Waals surface area contributed by atoms with Crippen molar-refractivity contribution in [1.29, 1.82) is 0 Å². The number of rotatable bonds is 6. The maximum atomic E-state index is 13.3. The van der Waals surface area contributed by atoms with Gasteiger partial charge in [-0.25, -0.2) is 4.39 Å². The Balaban J connectivity index is 1.80. The van der Waals surface area contributed by atoms with Crippen LogP contribution in [0.2, 0.25) is 0 Å². The molecule has 0 aromatic heterocycles. The number of benzene rings is 3. The van der Waals surface area contributed by atoms with E-state index in [9.17, 15) is 9.18 Å². The molecule has 0 aliphatic rings. The van der Waals surface area contributed by atoms with Gasteiger partial charge in [-0.3, -0.25) is 9.69 Å². The minimum absolute atomic E-state index is 0.0956. The van der Waals surface area contributed by atoms with Crippen LogP contribution in [-0.4, -0.2) is 24.4 Å². The lowest BCUT2D eigenvalue weighted by Gasteiger charge is -2.28. The first-order valence-electron chi connectivity index (χ1n) is 8.49. The van der Waals surface area contributed by atoms with E-state index in [1.165, 1.54) is 12.1 Å². The van der Waals surface area contributed by atoms with Gasteiger partial charge in [-0.05, 0) is 42.4 Å². The standard InChI is InChI=1S/C22H21FN2O/c1-25(16-21(26)24-20-10-6-3-7-11-20)22(17-8-4-2-5-9-17)18-12-14-19(23)15-13-18/h2-15,22H,16H2,1H3,(H,24,26). The van der Waals surface area contributed by atoms with Crippen LogP contribution >= 0.6 is 0 Å². The molecule has 3 aromatic carbocycles. The summed E-state index contributed by atoms with van der Waals surface area (Å²) in [5.74, 6) is -0.369. The highest BCUT2D eigenvalue weighted by atomic mass is 19.1. The minimum Gasteiger partial charge on any atom is -0.325 e. The Bertz CT molecular complexity index is 835. The zero-order valence-corrected chi connectivity index (χ0v) is 14.6. The van der Waals surface area contributed by atoms with E-state index in [2.05, 4.69) is 5.32 Å². The van der Waals surface area contributed by atoms with Crippen LogP contribution in [0, 0.1) is 5.82 Å². The van der Waals surface area contributed by atoms with Crippen LogP contribution in [0.5, 0.6) is 0 Å². The molecule has 0 heterocycles. The van der Waals surface area contributed by atoms with Crippen LogP contribution in [-0.2, 0) is 4.79 Å². The van der Waals surface area contributed by atoms with Gasteiger partial charge in [-0.2, -0.15) is 0 Å². The van der Waals surface area contributed by atoms with Crippen molar-refractivity contribution < 1.29 is 9.18 Å². The monoisotopic (exact) mass is 348 g/mol. The number of amides is 1. The van der Waals surface area contributed by atoms with Gasteiger partial charge >= 0.3 is 0 Å². The lowest BCUT2D eigenvalue weighted by Crippen LogP contribution is -2.34. The molecular weight excluding hydrogens is 327 g/mol. The summed E-state index contributed by atoms with van der Waals surface area (Å²) in [6.07, 6.45) is 0. The summed E-state index contributed by atoms with van der Waals surface area (Å²) in [4.78, 5) is 14.4. The Morgan fingerprint density at radius 3 is 2.04 bits per heavy atom. The molecule has 1 unspecified atom stereocenters. The van der Waals surface area contributed by atoms with E-state index >= 15 is 0 Å². The molecule has 0 fully saturated rings. The van der Waals surface area contributed by atoms with Crippen molar-refractivity contribution in [2.75, 3.05) is 18.9 Å². The second kappa shape index (κ2) is 8.41. The SMILES string of the molecule is CN(CC(=O)Nc1ccccc1)C(c1ccccc1)c1ccc(F)cc1. The van der Waals surface area contributed by atoms with Crippen molar-refractivity contribution >= 4 is 11.6 Å². The summed E-state index contributed by atoms with van der Waals surface area (Å²) in [5, 5.41) is 2.90. The van der Waals surface area contributed by atoms with Crippen molar-refractivity contribution in [3.63, 3.8) is 0 Å². The third-order valence-electron chi connectivity index (χ3n) is 4.19. The maximum absolute atomic E-state index is 13.3. The molecule has 3 nitrogen and oxygen atoms in total. The number of likely N-dealkylation sites (N-methyl/N-ethyl adjacent to an activating group) is 1. The number of anilines is 1. The molecule has 0 saturated heterocycles. The van der Waals surface area contributed by atoms with Crippen LogP contribution in [0.1, 0.15) is 17.2 Å². The molecule has 0 bridgehead atoms. The summed E-state index contributed by atoms with van der Waals surface area (Å²) < 4.78 is 13.3. The van der Waals surface area contributed by atoms with Gasteiger partial charge in [0, 0.05) is 5.69 Å². The Morgan fingerprint density at radius 2 is 1.42 bits per heavy atom. The van der Waals surface area contributed by atoms with Crippen molar-refractivity contribution in [3.8, 4) is 0 Å². The van der Waals surface area contributed by atoms with E-state index in [-0.39, 0.29) is 24.3 Å². The molecule has 0 saturated carbocycles. The van der Waals surface area contributed by atoms with Crippen LogP contribution in [0.25, 0.3) is 0 Å². The average molecular weight is 348 g/mol. The van der Waals surface area contributed by atoms with Crippen molar-refractivity contribution in [2.45, 2.75) is 6.04 Å². The molecule has 3 rings (SSSR count). The van der Waals surface area contributed by atoms with Crippen LogP contribution < -0.4 is 5.32 Å². The van der Waals surface area contributed by atoms with E-state index in [1.54, 1.807) is 12.1 Å². The largest absolute Gasteiger partial charge is 0.325 e. The molecule has 4 heteroatoms. The summed E-state index contributed by atoms with van der Waals surface area (Å²) in [6, 6.07) is 25.6. The first-order chi connectivity index (χ1) is 12.6. The quantitative estimate of drug-likeness (QED) is 0.712. The molecule has 132 valence electrons. The Morgan fingerprint density at radius 1 is 0.885 bits per heavy atom. The van der Waals surface area contributed by atoms with Gasteiger partial charge in [0.2, 0.25) is 5.91 Å². The van der Waals surface area contributed by atoms with E-state index in [0.29, 0.717) is 0 Å². The molecule has 26 heavy (non-hydrogen) atoms. The number of nitrogens with one attached hydrogen (secondary N) is 1. The third kappa shape index (κ3) is 4.55. The summed E-state index contributed by atoms with van der Waals surface area (Å²) in [6.45, 7) is 0.214. The molecular formula is C22H21FN2O. The Hall–Kier alpha value is -2.98. The first-order valence-corrected chi connectivity index (χ1v) is 8.49. The highest BCUT2D eigenvalue weighted by Crippen LogP contribution is 2.27. The second-order valence-electron chi connectivity index (χ2n) is 6.19. The summed E-state index contributed by atoms with van der Waals surface area (Å²) >= 11 is 0. The first kappa shape index (κ1) is 17.8. The predicted molar refractivity (Wildman–Crippen MR) is 102 cm³/mol. The maximum Gasteiger partial charge on any atom is 0.238 e. The van der Waals surface area contributed by atoms with Gasteiger partial charge in [0.1, 0.15) is 5.82 Å². The molecule has 1 N–H and O–H groups in total. The van der Waals surface area contributed by atoms with Gasteiger partial charge < -0.3 is 5.32 Å². The fourth-order valence-electron chi connectivity index (χ4n) is 3.02. The van der Waals surface area contributed by atoms with E-state index < -0.39 is 0 Å². The lowest BCUT2D eigenvalue weighted by molar-refractivity contribution is -0.117. The van der Waals surface area contributed by atoms with Gasteiger partial charge in [0.05, 0.1) is 12.6 Å². The van der Waals surface area contributed by atoms with Crippen molar-refractivity contribution in [1.82, 2.24) is 4.90 Å². The topological polar surface area (TPSA) is 32.3 Å². The Labute approximate surface area is 153 Å². The van der Waals surface area contributed by atoms with Crippen molar-refractivity contribution in [3.05, 3.63) is 102 Å². The number of carbonyl (C=O) groups excluding carboxylic acids is 1. The number of hydrogen-bond acceptors (Lipinski definition) is 2. The van der Waals surface area contributed by atoms with Gasteiger partial charge in [0.25, 0.3) is 0 Å².